The summed E-state index contributed by atoms with van der Waals surface area (Å²) in [6, 6.07) is 2.69. The fraction of sp³-hybridized carbons (Fsp3) is 0.167. The molecule has 6 heteroatoms. The summed E-state index contributed by atoms with van der Waals surface area (Å²) in [6.45, 7) is 3.18. The van der Waals surface area contributed by atoms with Crippen molar-refractivity contribution in [2.45, 2.75) is 13.8 Å². The van der Waals surface area contributed by atoms with Crippen molar-refractivity contribution >= 4 is 46.7 Å². The quantitative estimate of drug-likeness (QED) is 0.465. The average Bonchev–Trinajstić information content (AvgIpc) is 2.26. The van der Waals surface area contributed by atoms with Crippen molar-refractivity contribution in [3.63, 3.8) is 0 Å². The van der Waals surface area contributed by atoms with Crippen molar-refractivity contribution in [2.75, 3.05) is 0 Å². The number of rotatable bonds is 2. The van der Waals surface area contributed by atoms with E-state index in [-0.39, 0.29) is 20.6 Å². The summed E-state index contributed by atoms with van der Waals surface area (Å²) >= 11 is 17.4. The maximum Gasteiger partial charge on any atom is 0.349 e. The summed E-state index contributed by atoms with van der Waals surface area (Å²) in [4.78, 5) is 23.2. The largest absolute Gasteiger partial charge is 0.386 e. The molecule has 1 rings (SSSR count). The summed E-state index contributed by atoms with van der Waals surface area (Å²) in [5.41, 5.74) is 0.226. The van der Waals surface area contributed by atoms with E-state index >= 15 is 0 Å². The number of hydrogen-bond acceptors (Lipinski definition) is 3. The third-order valence-corrected chi connectivity index (χ3v) is 2.97. The lowest BCUT2D eigenvalue weighted by molar-refractivity contribution is -0.133. The molecule has 0 atom stereocenters. The highest BCUT2D eigenvalue weighted by Gasteiger charge is 2.20. The second-order valence-electron chi connectivity index (χ2n) is 3.39. The summed E-state index contributed by atoms with van der Waals surface area (Å²) in [6.07, 6.45) is 1.53. The van der Waals surface area contributed by atoms with Gasteiger partial charge in [-0.3, -0.25) is 0 Å². The predicted molar refractivity (Wildman–Crippen MR) is 71.3 cm³/mol. The number of carbonyl (C=O) groups excluding carboxylic acids is 2. The lowest BCUT2D eigenvalue weighted by atomic mass is 10.2. The van der Waals surface area contributed by atoms with Gasteiger partial charge in [0.2, 0.25) is 0 Å². The Balaban J connectivity index is 3.03. The summed E-state index contributed by atoms with van der Waals surface area (Å²) < 4.78 is 4.63. The number of benzene rings is 1. The van der Waals surface area contributed by atoms with Gasteiger partial charge in [0.05, 0.1) is 15.6 Å². The van der Waals surface area contributed by atoms with Crippen molar-refractivity contribution in [1.29, 1.82) is 0 Å². The molecule has 0 unspecified atom stereocenters. The summed E-state index contributed by atoms with van der Waals surface area (Å²) in [5.74, 6) is -1.66. The highest BCUT2D eigenvalue weighted by atomic mass is 35.5. The molecule has 0 saturated heterocycles. The Bertz CT molecular complexity index is 512. The fourth-order valence-electron chi connectivity index (χ4n) is 1.07. The lowest BCUT2D eigenvalue weighted by Crippen LogP contribution is -2.14. The zero-order valence-electron chi connectivity index (χ0n) is 9.59. The molecule has 1 aromatic rings. The van der Waals surface area contributed by atoms with Crippen LogP contribution in [0.15, 0.2) is 23.8 Å². The van der Waals surface area contributed by atoms with Crippen LogP contribution in [-0.2, 0) is 9.53 Å². The number of allylic oxidation sites excluding steroid dienone is 1. The van der Waals surface area contributed by atoms with E-state index in [1.54, 1.807) is 6.92 Å². The van der Waals surface area contributed by atoms with Crippen LogP contribution in [0, 0.1) is 0 Å². The van der Waals surface area contributed by atoms with Crippen molar-refractivity contribution in [3.8, 4) is 0 Å². The minimum Gasteiger partial charge on any atom is -0.386 e. The van der Waals surface area contributed by atoms with Crippen LogP contribution < -0.4 is 0 Å². The molecule has 0 aliphatic rings. The minimum absolute atomic E-state index is 0.0310. The Kier molecular flexibility index (Phi) is 5.20. The Morgan fingerprint density at radius 3 is 2.11 bits per heavy atom. The van der Waals surface area contributed by atoms with Crippen LogP contribution in [0.2, 0.25) is 15.1 Å². The van der Waals surface area contributed by atoms with Crippen LogP contribution in [0.4, 0.5) is 0 Å². The zero-order valence-corrected chi connectivity index (χ0v) is 11.9. The average molecular weight is 308 g/mol. The molecular formula is C12H9Cl3O3. The van der Waals surface area contributed by atoms with Gasteiger partial charge in [0.25, 0.3) is 0 Å². The molecule has 0 saturated carbocycles. The highest BCUT2D eigenvalue weighted by molar-refractivity contribution is 6.42. The molecule has 0 amide bonds. The van der Waals surface area contributed by atoms with Gasteiger partial charge in [0, 0.05) is 10.6 Å². The first-order valence-corrected chi connectivity index (χ1v) is 6.04. The molecule has 96 valence electrons. The van der Waals surface area contributed by atoms with E-state index in [4.69, 9.17) is 34.8 Å². The number of halogens is 3. The standard InChI is InChI=1S/C12H9Cl3O3/c1-3-6(2)11(16)18-12(17)10-8(14)4-7(13)5-9(10)15/h3-5H,1-2H3/b6-3-. The third-order valence-electron chi connectivity index (χ3n) is 2.15. The van der Waals surface area contributed by atoms with E-state index < -0.39 is 11.9 Å². The van der Waals surface area contributed by atoms with Gasteiger partial charge in [-0.15, -0.1) is 0 Å². The maximum atomic E-state index is 11.7. The van der Waals surface area contributed by atoms with E-state index in [2.05, 4.69) is 4.74 Å². The van der Waals surface area contributed by atoms with Gasteiger partial charge in [0.15, 0.2) is 0 Å². The molecule has 0 aliphatic carbocycles. The molecule has 18 heavy (non-hydrogen) atoms. The Labute approximate surface area is 119 Å². The van der Waals surface area contributed by atoms with Crippen molar-refractivity contribution < 1.29 is 14.3 Å². The Hall–Kier alpha value is -1.03. The van der Waals surface area contributed by atoms with Crippen LogP contribution in [0.3, 0.4) is 0 Å². The van der Waals surface area contributed by atoms with Crippen LogP contribution >= 0.6 is 34.8 Å². The minimum atomic E-state index is -0.909. The molecule has 0 N–H and O–H groups in total. The molecule has 3 nitrogen and oxygen atoms in total. The predicted octanol–water partition coefficient (Wildman–Crippen LogP) is 4.30. The first-order chi connectivity index (χ1) is 8.36. The van der Waals surface area contributed by atoms with Crippen LogP contribution in [0.5, 0.6) is 0 Å². The first kappa shape index (κ1) is 15.0. The van der Waals surface area contributed by atoms with E-state index in [1.807, 2.05) is 0 Å². The zero-order chi connectivity index (χ0) is 13.9. The Morgan fingerprint density at radius 2 is 1.67 bits per heavy atom. The topological polar surface area (TPSA) is 43.4 Å². The third kappa shape index (κ3) is 3.48. The number of carbonyl (C=O) groups is 2. The van der Waals surface area contributed by atoms with E-state index in [1.165, 1.54) is 25.1 Å². The second kappa shape index (κ2) is 6.23. The number of ether oxygens (including phenoxy) is 1. The normalized spacial score (nSPS) is 11.3. The molecule has 0 aliphatic heterocycles. The molecular weight excluding hydrogens is 298 g/mol. The van der Waals surface area contributed by atoms with Crippen LogP contribution in [0.1, 0.15) is 24.2 Å². The van der Waals surface area contributed by atoms with Crippen LogP contribution in [-0.4, -0.2) is 11.9 Å². The van der Waals surface area contributed by atoms with Gasteiger partial charge in [-0.2, -0.15) is 0 Å². The van der Waals surface area contributed by atoms with Crippen molar-refractivity contribution in [3.05, 3.63) is 44.4 Å². The molecule has 0 spiro atoms. The van der Waals surface area contributed by atoms with E-state index in [9.17, 15) is 9.59 Å². The number of hydrogen-bond donors (Lipinski definition) is 0. The van der Waals surface area contributed by atoms with Gasteiger partial charge in [-0.1, -0.05) is 40.9 Å². The van der Waals surface area contributed by atoms with Crippen molar-refractivity contribution in [1.82, 2.24) is 0 Å². The van der Waals surface area contributed by atoms with Gasteiger partial charge >= 0.3 is 11.9 Å². The molecule has 0 fully saturated rings. The molecule has 0 radical (unpaired) electrons. The van der Waals surface area contributed by atoms with Gasteiger partial charge in [0.1, 0.15) is 0 Å². The van der Waals surface area contributed by atoms with E-state index in [0.717, 1.165) is 0 Å². The van der Waals surface area contributed by atoms with Gasteiger partial charge in [-0.05, 0) is 26.0 Å². The summed E-state index contributed by atoms with van der Waals surface area (Å²) in [7, 11) is 0. The monoisotopic (exact) mass is 306 g/mol. The molecule has 0 aromatic heterocycles. The van der Waals surface area contributed by atoms with Gasteiger partial charge in [-0.25, -0.2) is 9.59 Å². The molecule has 0 bridgehead atoms. The molecule has 0 heterocycles. The first-order valence-electron chi connectivity index (χ1n) is 4.90. The Morgan fingerprint density at radius 1 is 1.17 bits per heavy atom. The summed E-state index contributed by atoms with van der Waals surface area (Å²) in [5, 5.41) is 0.351. The number of esters is 2. The van der Waals surface area contributed by atoms with Gasteiger partial charge < -0.3 is 4.74 Å². The highest BCUT2D eigenvalue weighted by Crippen LogP contribution is 2.29. The lowest BCUT2D eigenvalue weighted by Gasteiger charge is -2.07. The smallest absolute Gasteiger partial charge is 0.349 e. The SMILES string of the molecule is C/C=C(/C)C(=O)OC(=O)c1c(Cl)cc(Cl)cc1Cl. The second-order valence-corrected chi connectivity index (χ2v) is 4.64. The van der Waals surface area contributed by atoms with Crippen LogP contribution in [0.25, 0.3) is 0 Å². The van der Waals surface area contributed by atoms with Crippen molar-refractivity contribution in [2.24, 2.45) is 0 Å². The van der Waals surface area contributed by atoms with E-state index in [0.29, 0.717) is 5.57 Å². The maximum absolute atomic E-state index is 11.7. The molecule has 1 aromatic carbocycles. The fourth-order valence-corrected chi connectivity index (χ4v) is 2.04.